The molecule has 0 fully saturated rings. The van der Waals surface area contributed by atoms with Crippen LogP contribution in [0.3, 0.4) is 0 Å². The Morgan fingerprint density at radius 2 is 1.90 bits per heavy atom. The monoisotopic (exact) mass is 151 g/mol. The van der Waals surface area contributed by atoms with Crippen LogP contribution in [-0.2, 0) is 0 Å². The molecule has 1 rings (SSSR count). The minimum atomic E-state index is 0.631. The van der Waals surface area contributed by atoms with Crippen molar-refractivity contribution in [2.45, 2.75) is 0 Å². The largest absolute Gasteiger partial charge is 0.422 e. The maximum Gasteiger partial charge on any atom is 0.0406 e. The number of aliphatic imine (C=N–C) groups is 1. The molecular weight excluding hydrogens is 148 g/mol. The fraction of sp³-hybridized carbons (Fsp3) is 0. The van der Waals surface area contributed by atoms with E-state index >= 15 is 0 Å². The standard InChI is InChI=1S/C7H4ClN2/c8-6-1-3-7(4-2-6)10-5-9/h1-4H/q-1. The second-order valence-electron chi connectivity index (χ2n) is 1.69. The maximum absolute atomic E-state index is 8.14. The summed E-state index contributed by atoms with van der Waals surface area (Å²) >= 11 is 5.59. The molecule has 50 valence electrons. The molecule has 1 aromatic rings. The Kier molecular flexibility index (Phi) is 2.21. The number of benzene rings is 1. The summed E-state index contributed by atoms with van der Waals surface area (Å²) in [5.74, 6) is 0. The van der Waals surface area contributed by atoms with Gasteiger partial charge in [0.2, 0.25) is 0 Å². The Hall–Kier alpha value is -1.11. The van der Waals surface area contributed by atoms with E-state index < -0.39 is 0 Å². The molecule has 2 nitrogen and oxygen atoms in total. The van der Waals surface area contributed by atoms with Crippen LogP contribution in [0.25, 0.3) is 5.41 Å². The third-order valence-corrected chi connectivity index (χ3v) is 1.26. The molecule has 0 aromatic heterocycles. The normalized spacial score (nSPS) is 8.50. The summed E-state index contributed by atoms with van der Waals surface area (Å²) < 4.78 is 0. The van der Waals surface area contributed by atoms with E-state index in [1.54, 1.807) is 30.3 Å². The van der Waals surface area contributed by atoms with Gasteiger partial charge >= 0.3 is 0 Å². The first kappa shape index (κ1) is 7.00. The average Bonchev–Trinajstić information content (AvgIpc) is 1.95. The van der Waals surface area contributed by atoms with Crippen LogP contribution in [0.2, 0.25) is 5.02 Å². The zero-order chi connectivity index (χ0) is 7.40. The van der Waals surface area contributed by atoms with Gasteiger partial charge in [0.05, 0.1) is 0 Å². The molecule has 0 aliphatic carbocycles. The van der Waals surface area contributed by atoms with Gasteiger partial charge in [-0.3, -0.25) is 0 Å². The van der Waals surface area contributed by atoms with Crippen LogP contribution in [0.5, 0.6) is 0 Å². The lowest BCUT2D eigenvalue weighted by molar-refractivity contribution is 1.55. The molecule has 1 aromatic carbocycles. The molecule has 0 bridgehead atoms. The highest BCUT2D eigenvalue weighted by Crippen LogP contribution is 2.14. The van der Waals surface area contributed by atoms with Gasteiger partial charge in [0.15, 0.2) is 0 Å². The minimum Gasteiger partial charge on any atom is -0.422 e. The Bertz CT molecular complexity index is 259. The molecule has 0 N–H and O–H groups in total. The topological polar surface area (TPSA) is 34.7 Å². The molecule has 0 heterocycles. The Morgan fingerprint density at radius 3 is 2.40 bits per heavy atom. The van der Waals surface area contributed by atoms with Gasteiger partial charge in [-0.25, -0.2) is 0 Å². The zero-order valence-electron chi connectivity index (χ0n) is 5.08. The summed E-state index contributed by atoms with van der Waals surface area (Å²) in [6.07, 6.45) is 0. The molecule has 0 spiro atoms. The third kappa shape index (κ3) is 1.69. The summed E-state index contributed by atoms with van der Waals surface area (Å²) in [7, 11) is 0. The van der Waals surface area contributed by atoms with Gasteiger partial charge in [0.1, 0.15) is 0 Å². The van der Waals surface area contributed by atoms with Crippen LogP contribution in [0.1, 0.15) is 0 Å². The molecule has 0 aliphatic rings. The van der Waals surface area contributed by atoms with Crippen LogP contribution in [0.4, 0.5) is 5.69 Å². The first-order valence-corrected chi connectivity index (χ1v) is 3.06. The van der Waals surface area contributed by atoms with Crippen LogP contribution in [-0.4, -0.2) is 6.01 Å². The molecule has 0 atom stereocenters. The van der Waals surface area contributed by atoms with Gasteiger partial charge in [0.25, 0.3) is 0 Å². The van der Waals surface area contributed by atoms with Gasteiger partial charge in [-0.15, -0.1) is 0 Å². The third-order valence-electron chi connectivity index (χ3n) is 1.01. The summed E-state index contributed by atoms with van der Waals surface area (Å²) in [5, 5.41) is 8.79. The van der Waals surface area contributed by atoms with Crippen LogP contribution < -0.4 is 0 Å². The van der Waals surface area contributed by atoms with Crippen molar-refractivity contribution < 1.29 is 0 Å². The van der Waals surface area contributed by atoms with Crippen molar-refractivity contribution in [3.05, 3.63) is 34.7 Å². The quantitative estimate of drug-likeness (QED) is 0.554. The summed E-state index contributed by atoms with van der Waals surface area (Å²) in [5.41, 5.74) is 0.631. The van der Waals surface area contributed by atoms with Crippen molar-refractivity contribution in [1.29, 1.82) is 0 Å². The highest BCUT2D eigenvalue weighted by molar-refractivity contribution is 6.30. The minimum absolute atomic E-state index is 0.631. The number of nitrogens with zero attached hydrogens (tertiary/aromatic N) is 2. The lowest BCUT2D eigenvalue weighted by atomic mass is 10.3. The SMILES string of the molecule is [N-]=C=Nc1ccc(Cl)cc1. The Labute approximate surface area is 63.7 Å². The van der Waals surface area contributed by atoms with Crippen molar-refractivity contribution in [1.82, 2.24) is 0 Å². The molecular formula is C7H4ClN2-. The van der Waals surface area contributed by atoms with E-state index in [0.717, 1.165) is 0 Å². The van der Waals surface area contributed by atoms with E-state index in [2.05, 4.69) is 4.99 Å². The van der Waals surface area contributed by atoms with Crippen LogP contribution in [0, 0.1) is 0 Å². The van der Waals surface area contributed by atoms with Gasteiger partial charge in [0, 0.05) is 5.02 Å². The molecule has 0 saturated carbocycles. The van der Waals surface area contributed by atoms with Gasteiger partial charge < -0.3 is 10.4 Å². The predicted octanol–water partition coefficient (Wildman–Crippen LogP) is 2.71. The zero-order valence-corrected chi connectivity index (χ0v) is 5.84. The lowest BCUT2D eigenvalue weighted by Gasteiger charge is -1.95. The van der Waals surface area contributed by atoms with Crippen LogP contribution in [0.15, 0.2) is 29.3 Å². The molecule has 0 radical (unpaired) electrons. The fourth-order valence-electron chi connectivity index (χ4n) is 0.573. The highest BCUT2D eigenvalue weighted by Gasteiger charge is 1.81. The fourth-order valence-corrected chi connectivity index (χ4v) is 0.699. The number of halogens is 1. The Balaban J connectivity index is 3.00. The number of rotatable bonds is 1. The smallest absolute Gasteiger partial charge is 0.0406 e. The summed E-state index contributed by atoms with van der Waals surface area (Å²) in [4.78, 5) is 3.49. The predicted molar refractivity (Wildman–Crippen MR) is 41.9 cm³/mol. The van der Waals surface area contributed by atoms with E-state index in [4.69, 9.17) is 17.0 Å². The van der Waals surface area contributed by atoms with Crippen molar-refractivity contribution in [3.8, 4) is 0 Å². The first-order chi connectivity index (χ1) is 4.83. The lowest BCUT2D eigenvalue weighted by Crippen LogP contribution is -1.62. The number of hydrogen-bond acceptors (Lipinski definition) is 1. The van der Waals surface area contributed by atoms with Gasteiger partial charge in [-0.2, -0.15) is 6.01 Å². The van der Waals surface area contributed by atoms with E-state index in [1.807, 2.05) is 0 Å². The molecule has 10 heavy (non-hydrogen) atoms. The van der Waals surface area contributed by atoms with E-state index in [1.165, 1.54) is 0 Å². The second-order valence-corrected chi connectivity index (χ2v) is 2.12. The summed E-state index contributed by atoms with van der Waals surface area (Å²) in [6.45, 7) is 0. The number of hydrogen-bond donors (Lipinski definition) is 0. The van der Waals surface area contributed by atoms with Crippen molar-refractivity contribution >= 4 is 23.3 Å². The van der Waals surface area contributed by atoms with Crippen molar-refractivity contribution in [3.63, 3.8) is 0 Å². The first-order valence-electron chi connectivity index (χ1n) is 2.68. The second kappa shape index (κ2) is 3.16. The van der Waals surface area contributed by atoms with Gasteiger partial charge in [-0.05, 0) is 17.8 Å². The maximum atomic E-state index is 8.14. The van der Waals surface area contributed by atoms with E-state index in [9.17, 15) is 0 Å². The molecule has 0 unspecified atom stereocenters. The van der Waals surface area contributed by atoms with Gasteiger partial charge in [-0.1, -0.05) is 23.7 Å². The van der Waals surface area contributed by atoms with Crippen molar-refractivity contribution in [2.75, 3.05) is 0 Å². The average molecular weight is 152 g/mol. The van der Waals surface area contributed by atoms with E-state index in [-0.39, 0.29) is 0 Å². The van der Waals surface area contributed by atoms with Crippen molar-refractivity contribution in [2.24, 2.45) is 4.99 Å². The molecule has 3 heteroatoms. The van der Waals surface area contributed by atoms with Crippen LogP contribution >= 0.6 is 11.6 Å². The molecule has 0 amide bonds. The molecule has 0 saturated heterocycles. The Morgan fingerprint density at radius 1 is 1.30 bits per heavy atom. The molecule has 0 aliphatic heterocycles. The highest BCUT2D eigenvalue weighted by atomic mass is 35.5. The van der Waals surface area contributed by atoms with E-state index in [0.29, 0.717) is 10.7 Å². The summed E-state index contributed by atoms with van der Waals surface area (Å²) in [6, 6.07) is 8.44.